The normalized spacial score (nSPS) is 38.2. The van der Waals surface area contributed by atoms with E-state index >= 15 is 0 Å². The second-order valence-electron chi connectivity index (χ2n) is 5.36. The molecule has 2 aliphatic rings. The Morgan fingerprint density at radius 3 is 2.81 bits per heavy atom. The fourth-order valence-electron chi connectivity index (χ4n) is 3.03. The molecule has 94 valence electrons. The average molecular weight is 226 g/mol. The summed E-state index contributed by atoms with van der Waals surface area (Å²) in [7, 11) is 1.85. The fraction of sp³-hybridized carbons (Fsp3) is 1.00. The van der Waals surface area contributed by atoms with Gasteiger partial charge in [0.2, 0.25) is 0 Å². The van der Waals surface area contributed by atoms with E-state index in [0.29, 0.717) is 12.1 Å². The summed E-state index contributed by atoms with van der Waals surface area (Å²) in [6, 6.07) is 1.47. The van der Waals surface area contributed by atoms with Crippen molar-refractivity contribution >= 4 is 0 Å². The van der Waals surface area contributed by atoms with Gasteiger partial charge in [-0.25, -0.2) is 0 Å². The maximum Gasteiger partial charge on any atom is 0.0586 e. The average Bonchev–Trinajstić information content (AvgIpc) is 2.73. The van der Waals surface area contributed by atoms with Gasteiger partial charge in [0.05, 0.1) is 6.10 Å². The van der Waals surface area contributed by atoms with Crippen molar-refractivity contribution < 1.29 is 4.74 Å². The van der Waals surface area contributed by atoms with E-state index in [-0.39, 0.29) is 0 Å². The summed E-state index contributed by atoms with van der Waals surface area (Å²) < 4.78 is 5.47. The summed E-state index contributed by atoms with van der Waals surface area (Å²) in [6.45, 7) is 6.00. The lowest BCUT2D eigenvalue weighted by Gasteiger charge is -2.32. The zero-order valence-corrected chi connectivity index (χ0v) is 10.7. The molecule has 16 heavy (non-hydrogen) atoms. The van der Waals surface area contributed by atoms with Gasteiger partial charge >= 0.3 is 0 Å². The molecule has 0 bridgehead atoms. The van der Waals surface area contributed by atoms with Crippen molar-refractivity contribution in [1.29, 1.82) is 0 Å². The first-order valence-electron chi connectivity index (χ1n) is 6.80. The molecule has 1 N–H and O–H groups in total. The van der Waals surface area contributed by atoms with Gasteiger partial charge in [-0.3, -0.25) is 0 Å². The highest BCUT2D eigenvalue weighted by atomic mass is 16.5. The third-order valence-electron chi connectivity index (χ3n) is 4.17. The minimum atomic E-state index is 0.519. The molecule has 3 heteroatoms. The van der Waals surface area contributed by atoms with Crippen LogP contribution in [0.3, 0.4) is 0 Å². The molecule has 0 aromatic heterocycles. The maximum atomic E-state index is 5.47. The molecular weight excluding hydrogens is 200 g/mol. The molecule has 1 aliphatic heterocycles. The highest BCUT2D eigenvalue weighted by Crippen LogP contribution is 2.26. The molecule has 3 nitrogen and oxygen atoms in total. The maximum absolute atomic E-state index is 5.47. The molecule has 0 aromatic carbocycles. The number of hydrogen-bond acceptors (Lipinski definition) is 3. The van der Waals surface area contributed by atoms with E-state index in [2.05, 4.69) is 17.1 Å². The van der Waals surface area contributed by atoms with Crippen LogP contribution in [0.25, 0.3) is 0 Å². The van der Waals surface area contributed by atoms with Crippen molar-refractivity contribution in [3.8, 4) is 0 Å². The molecule has 0 spiro atoms. The molecule has 0 aromatic rings. The summed E-state index contributed by atoms with van der Waals surface area (Å²) in [5.41, 5.74) is 0. The van der Waals surface area contributed by atoms with E-state index in [1.807, 2.05) is 7.11 Å². The second-order valence-corrected chi connectivity index (χ2v) is 5.36. The quantitative estimate of drug-likeness (QED) is 0.774. The first-order valence-corrected chi connectivity index (χ1v) is 6.80. The summed E-state index contributed by atoms with van der Waals surface area (Å²) in [5.74, 6) is 0. The largest absolute Gasteiger partial charge is 0.381 e. The third-order valence-corrected chi connectivity index (χ3v) is 4.17. The third kappa shape index (κ3) is 3.19. The van der Waals surface area contributed by atoms with Gasteiger partial charge in [0.25, 0.3) is 0 Å². The number of hydrogen-bond donors (Lipinski definition) is 1. The highest BCUT2D eigenvalue weighted by Gasteiger charge is 2.29. The van der Waals surface area contributed by atoms with Gasteiger partial charge in [0.1, 0.15) is 0 Å². The monoisotopic (exact) mass is 226 g/mol. The smallest absolute Gasteiger partial charge is 0.0586 e. The number of nitrogens with zero attached hydrogens (tertiary/aromatic N) is 1. The molecule has 1 saturated heterocycles. The molecule has 0 radical (unpaired) electrons. The van der Waals surface area contributed by atoms with Gasteiger partial charge in [0, 0.05) is 19.2 Å². The first-order chi connectivity index (χ1) is 7.79. The van der Waals surface area contributed by atoms with Crippen LogP contribution in [0.15, 0.2) is 0 Å². The summed E-state index contributed by atoms with van der Waals surface area (Å²) in [5, 5.41) is 3.56. The zero-order valence-electron chi connectivity index (χ0n) is 10.7. The van der Waals surface area contributed by atoms with Crippen LogP contribution in [0.1, 0.15) is 39.0 Å². The molecule has 1 saturated carbocycles. The number of methoxy groups -OCH3 is 1. The molecule has 0 amide bonds. The Labute approximate surface area is 99.5 Å². The predicted octanol–water partition coefficient (Wildman–Crippen LogP) is 1.63. The number of rotatable bonds is 2. The van der Waals surface area contributed by atoms with Gasteiger partial charge in [0.15, 0.2) is 0 Å². The molecule has 1 heterocycles. The van der Waals surface area contributed by atoms with Crippen LogP contribution < -0.4 is 5.32 Å². The van der Waals surface area contributed by atoms with Crippen LogP contribution in [0, 0.1) is 0 Å². The summed E-state index contributed by atoms with van der Waals surface area (Å²) in [4.78, 5) is 2.70. The Morgan fingerprint density at radius 1 is 1.19 bits per heavy atom. The van der Waals surface area contributed by atoms with Gasteiger partial charge in [-0.2, -0.15) is 0 Å². The summed E-state index contributed by atoms with van der Waals surface area (Å²) >= 11 is 0. The molecular formula is C13H26N2O. The molecule has 2 fully saturated rings. The minimum absolute atomic E-state index is 0.519. The van der Waals surface area contributed by atoms with Crippen LogP contribution in [0.2, 0.25) is 0 Å². The van der Waals surface area contributed by atoms with Crippen molar-refractivity contribution in [2.24, 2.45) is 0 Å². The number of nitrogens with one attached hydrogen (secondary N) is 1. The van der Waals surface area contributed by atoms with Gasteiger partial charge in [-0.05, 0) is 58.7 Å². The summed E-state index contributed by atoms with van der Waals surface area (Å²) in [6.07, 6.45) is 6.93. The van der Waals surface area contributed by atoms with Gasteiger partial charge < -0.3 is 15.0 Å². The minimum Gasteiger partial charge on any atom is -0.381 e. The first kappa shape index (κ1) is 12.3. The lowest BCUT2D eigenvalue weighted by atomic mass is 10.1. The lowest BCUT2D eigenvalue weighted by Crippen LogP contribution is -2.42. The Hall–Kier alpha value is -0.120. The van der Waals surface area contributed by atoms with E-state index in [0.717, 1.165) is 6.04 Å². The van der Waals surface area contributed by atoms with E-state index in [4.69, 9.17) is 4.74 Å². The Morgan fingerprint density at radius 2 is 2.06 bits per heavy atom. The van der Waals surface area contributed by atoms with E-state index < -0.39 is 0 Å². The van der Waals surface area contributed by atoms with Gasteiger partial charge in [-0.1, -0.05) is 0 Å². The van der Waals surface area contributed by atoms with Crippen LogP contribution in [-0.4, -0.2) is 49.8 Å². The Bertz CT molecular complexity index is 210. The Kier molecular flexibility index (Phi) is 4.62. The SMILES string of the molecule is COC1CCC(N2CCCNC(C)CC2)C1. The topological polar surface area (TPSA) is 24.5 Å². The van der Waals surface area contributed by atoms with Crippen LogP contribution in [0.4, 0.5) is 0 Å². The van der Waals surface area contributed by atoms with Crippen LogP contribution in [-0.2, 0) is 4.74 Å². The van der Waals surface area contributed by atoms with Crippen molar-refractivity contribution in [3.05, 3.63) is 0 Å². The lowest BCUT2D eigenvalue weighted by molar-refractivity contribution is 0.0944. The Balaban J connectivity index is 1.83. The molecule has 3 unspecified atom stereocenters. The fourth-order valence-corrected chi connectivity index (χ4v) is 3.03. The van der Waals surface area contributed by atoms with Crippen molar-refractivity contribution in [2.45, 2.75) is 57.2 Å². The highest BCUT2D eigenvalue weighted by molar-refractivity contribution is 4.85. The van der Waals surface area contributed by atoms with Crippen molar-refractivity contribution in [3.63, 3.8) is 0 Å². The van der Waals surface area contributed by atoms with E-state index in [9.17, 15) is 0 Å². The number of ether oxygens (including phenoxy) is 1. The zero-order chi connectivity index (χ0) is 11.4. The molecule has 3 atom stereocenters. The molecule has 2 rings (SSSR count). The second kappa shape index (κ2) is 5.99. The van der Waals surface area contributed by atoms with Crippen molar-refractivity contribution in [1.82, 2.24) is 10.2 Å². The standard InChI is InChI=1S/C13H26N2O/c1-11-6-9-15(8-3-7-14-11)12-4-5-13(10-12)16-2/h11-14H,3-10H2,1-2H3. The predicted molar refractivity (Wildman–Crippen MR) is 66.7 cm³/mol. The van der Waals surface area contributed by atoms with E-state index in [1.165, 1.54) is 51.7 Å². The van der Waals surface area contributed by atoms with Crippen LogP contribution >= 0.6 is 0 Å². The van der Waals surface area contributed by atoms with Crippen molar-refractivity contribution in [2.75, 3.05) is 26.7 Å². The van der Waals surface area contributed by atoms with E-state index in [1.54, 1.807) is 0 Å². The van der Waals surface area contributed by atoms with Gasteiger partial charge in [-0.15, -0.1) is 0 Å². The molecule has 1 aliphatic carbocycles. The van der Waals surface area contributed by atoms with Crippen LogP contribution in [0.5, 0.6) is 0 Å².